The minimum atomic E-state index is -0.378. The van der Waals surface area contributed by atoms with Gasteiger partial charge in [0.25, 0.3) is 0 Å². The lowest BCUT2D eigenvalue weighted by Gasteiger charge is -2.12. The van der Waals surface area contributed by atoms with Crippen LogP contribution in [0.25, 0.3) is 11.6 Å². The molecular formula is C26H30O4. The molecule has 30 heavy (non-hydrogen) atoms. The Kier molecular flexibility index (Phi) is 7.72. The number of benzene rings is 2. The van der Waals surface area contributed by atoms with E-state index in [2.05, 4.69) is 43.8 Å². The van der Waals surface area contributed by atoms with Gasteiger partial charge in [0, 0.05) is 6.08 Å². The number of aryl methyl sites for hydroxylation is 2. The molecule has 0 radical (unpaired) electrons. The summed E-state index contributed by atoms with van der Waals surface area (Å²) in [6.07, 6.45) is 8.34. The number of carbonyl (C=O) groups is 1. The Balaban J connectivity index is 1.66. The van der Waals surface area contributed by atoms with Crippen molar-refractivity contribution >= 4 is 17.6 Å². The van der Waals surface area contributed by atoms with Gasteiger partial charge in [-0.15, -0.1) is 0 Å². The van der Waals surface area contributed by atoms with E-state index in [0.717, 1.165) is 43.6 Å². The van der Waals surface area contributed by atoms with Crippen molar-refractivity contribution in [3.05, 3.63) is 71.3 Å². The van der Waals surface area contributed by atoms with Crippen LogP contribution in [0.5, 0.6) is 11.5 Å². The standard InChI is InChI=1S/C26H30O4/c1-4-26(27)30-15-6-5-14-29-24-11-10-20-8-7-9-21(17-22(20)18-24)25-13-12-23(28-3)16-19(25)2/h4,10-13,16-18H,1,5-9,14-15H2,2-3H3. The summed E-state index contributed by atoms with van der Waals surface area (Å²) in [6, 6.07) is 12.6. The smallest absolute Gasteiger partial charge is 0.330 e. The SMILES string of the molecule is C=CC(=O)OCCCCOc1ccc2c(c1)C=C(c1ccc(OC)cc1C)CCC2. The molecular weight excluding hydrogens is 376 g/mol. The van der Waals surface area contributed by atoms with Crippen LogP contribution in [-0.4, -0.2) is 26.3 Å². The number of methoxy groups -OCH3 is 1. The van der Waals surface area contributed by atoms with Gasteiger partial charge < -0.3 is 14.2 Å². The predicted molar refractivity (Wildman–Crippen MR) is 121 cm³/mol. The topological polar surface area (TPSA) is 44.8 Å². The highest BCUT2D eigenvalue weighted by Gasteiger charge is 2.13. The number of fused-ring (bicyclic) bond motifs is 1. The first-order valence-electron chi connectivity index (χ1n) is 10.5. The summed E-state index contributed by atoms with van der Waals surface area (Å²) in [4.78, 5) is 11.0. The zero-order chi connectivity index (χ0) is 21.3. The van der Waals surface area contributed by atoms with Crippen molar-refractivity contribution in [3.63, 3.8) is 0 Å². The molecule has 0 bridgehead atoms. The number of ether oxygens (including phenoxy) is 3. The molecule has 4 heteroatoms. The second-order valence-electron chi connectivity index (χ2n) is 7.49. The van der Waals surface area contributed by atoms with E-state index in [1.807, 2.05) is 12.1 Å². The average molecular weight is 407 g/mol. The predicted octanol–water partition coefficient (Wildman–Crippen LogP) is 5.77. The van der Waals surface area contributed by atoms with Crippen LogP contribution in [0.2, 0.25) is 0 Å². The molecule has 0 unspecified atom stereocenters. The van der Waals surface area contributed by atoms with Gasteiger partial charge in [-0.3, -0.25) is 0 Å². The highest BCUT2D eigenvalue weighted by Crippen LogP contribution is 2.33. The van der Waals surface area contributed by atoms with Crippen LogP contribution in [0, 0.1) is 6.92 Å². The maximum atomic E-state index is 11.0. The van der Waals surface area contributed by atoms with E-state index in [1.54, 1.807) is 7.11 Å². The van der Waals surface area contributed by atoms with Crippen molar-refractivity contribution in [2.45, 2.75) is 39.0 Å². The number of unbranched alkanes of at least 4 members (excludes halogenated alkanes) is 1. The van der Waals surface area contributed by atoms with Crippen LogP contribution in [0.15, 0.2) is 49.1 Å². The van der Waals surface area contributed by atoms with Crippen LogP contribution < -0.4 is 9.47 Å². The Morgan fingerprint density at radius 2 is 1.87 bits per heavy atom. The minimum absolute atomic E-state index is 0.378. The first kappa shape index (κ1) is 21.7. The highest BCUT2D eigenvalue weighted by molar-refractivity contribution is 5.84. The number of allylic oxidation sites excluding steroid dienone is 1. The van der Waals surface area contributed by atoms with Crippen molar-refractivity contribution in [1.29, 1.82) is 0 Å². The van der Waals surface area contributed by atoms with Gasteiger partial charge in [0.2, 0.25) is 0 Å². The fourth-order valence-corrected chi connectivity index (χ4v) is 3.72. The van der Waals surface area contributed by atoms with E-state index in [4.69, 9.17) is 14.2 Å². The van der Waals surface area contributed by atoms with Gasteiger partial charge in [0.1, 0.15) is 11.5 Å². The third-order valence-electron chi connectivity index (χ3n) is 5.34. The molecule has 2 aromatic carbocycles. The lowest BCUT2D eigenvalue weighted by Crippen LogP contribution is -2.04. The molecule has 0 aliphatic heterocycles. The van der Waals surface area contributed by atoms with E-state index < -0.39 is 0 Å². The molecule has 0 amide bonds. The maximum absolute atomic E-state index is 11.0. The van der Waals surface area contributed by atoms with Crippen molar-refractivity contribution in [1.82, 2.24) is 0 Å². The lowest BCUT2D eigenvalue weighted by atomic mass is 9.96. The van der Waals surface area contributed by atoms with Crippen LogP contribution >= 0.6 is 0 Å². The molecule has 0 aromatic heterocycles. The number of esters is 1. The molecule has 0 saturated carbocycles. The molecule has 0 N–H and O–H groups in total. The summed E-state index contributed by atoms with van der Waals surface area (Å²) in [5, 5.41) is 0. The summed E-state index contributed by atoms with van der Waals surface area (Å²) in [5.74, 6) is 1.39. The average Bonchev–Trinajstić information content (AvgIpc) is 2.97. The molecule has 0 spiro atoms. The Bertz CT molecular complexity index is 927. The molecule has 2 aromatic rings. The fraction of sp³-hybridized carbons (Fsp3) is 0.346. The Morgan fingerprint density at radius 1 is 1.07 bits per heavy atom. The van der Waals surface area contributed by atoms with Gasteiger partial charge in [-0.2, -0.15) is 0 Å². The molecule has 1 aliphatic carbocycles. The quantitative estimate of drug-likeness (QED) is 0.301. The van der Waals surface area contributed by atoms with Crippen molar-refractivity contribution < 1.29 is 19.0 Å². The van der Waals surface area contributed by atoms with Crippen molar-refractivity contribution in [2.75, 3.05) is 20.3 Å². The molecule has 4 nitrogen and oxygen atoms in total. The first-order chi connectivity index (χ1) is 14.6. The maximum Gasteiger partial charge on any atom is 0.330 e. The summed E-state index contributed by atoms with van der Waals surface area (Å²) in [7, 11) is 1.70. The number of hydrogen-bond donors (Lipinski definition) is 0. The first-order valence-corrected chi connectivity index (χ1v) is 10.5. The van der Waals surface area contributed by atoms with Gasteiger partial charge in [0.05, 0.1) is 20.3 Å². The van der Waals surface area contributed by atoms with Crippen LogP contribution in [-0.2, 0) is 16.0 Å². The molecule has 0 heterocycles. The third-order valence-corrected chi connectivity index (χ3v) is 5.34. The normalized spacial score (nSPS) is 12.9. The molecule has 3 rings (SSSR count). The van der Waals surface area contributed by atoms with Crippen molar-refractivity contribution in [3.8, 4) is 11.5 Å². The van der Waals surface area contributed by atoms with E-state index in [1.165, 1.54) is 33.9 Å². The number of carbonyl (C=O) groups excluding carboxylic acids is 1. The molecule has 158 valence electrons. The largest absolute Gasteiger partial charge is 0.497 e. The van der Waals surface area contributed by atoms with Gasteiger partial charge in [0.15, 0.2) is 0 Å². The van der Waals surface area contributed by atoms with Gasteiger partial charge in [-0.25, -0.2) is 4.79 Å². The van der Waals surface area contributed by atoms with Gasteiger partial charge in [-0.05, 0) is 91.1 Å². The Labute approximate surface area is 179 Å². The second-order valence-corrected chi connectivity index (χ2v) is 7.49. The van der Waals surface area contributed by atoms with Gasteiger partial charge in [-0.1, -0.05) is 24.8 Å². The molecule has 0 saturated heterocycles. The van der Waals surface area contributed by atoms with E-state index in [-0.39, 0.29) is 5.97 Å². The Hall–Kier alpha value is -3.01. The van der Waals surface area contributed by atoms with Crippen LogP contribution in [0.1, 0.15) is 47.9 Å². The summed E-state index contributed by atoms with van der Waals surface area (Å²) >= 11 is 0. The number of hydrogen-bond acceptors (Lipinski definition) is 4. The van der Waals surface area contributed by atoms with Crippen molar-refractivity contribution in [2.24, 2.45) is 0 Å². The van der Waals surface area contributed by atoms with E-state index >= 15 is 0 Å². The molecule has 0 atom stereocenters. The summed E-state index contributed by atoms with van der Waals surface area (Å²) in [6.45, 7) is 6.51. The van der Waals surface area contributed by atoms with Gasteiger partial charge >= 0.3 is 5.97 Å². The second kappa shape index (κ2) is 10.7. The van der Waals surface area contributed by atoms with E-state index in [0.29, 0.717) is 13.2 Å². The minimum Gasteiger partial charge on any atom is -0.497 e. The van der Waals surface area contributed by atoms with E-state index in [9.17, 15) is 4.79 Å². The third kappa shape index (κ3) is 5.76. The van der Waals surface area contributed by atoms with Crippen LogP contribution in [0.4, 0.5) is 0 Å². The zero-order valence-corrected chi connectivity index (χ0v) is 17.9. The highest BCUT2D eigenvalue weighted by atomic mass is 16.5. The van der Waals surface area contributed by atoms with Crippen LogP contribution in [0.3, 0.4) is 0 Å². The summed E-state index contributed by atoms with van der Waals surface area (Å²) in [5.41, 5.74) is 6.46. The number of rotatable bonds is 9. The lowest BCUT2D eigenvalue weighted by molar-refractivity contribution is -0.137. The monoisotopic (exact) mass is 406 g/mol. The molecule has 0 fully saturated rings. The summed E-state index contributed by atoms with van der Waals surface area (Å²) < 4.78 is 16.3. The molecule has 1 aliphatic rings. The Morgan fingerprint density at radius 3 is 2.63 bits per heavy atom. The fourth-order valence-electron chi connectivity index (χ4n) is 3.72. The zero-order valence-electron chi connectivity index (χ0n) is 17.9.